The Morgan fingerprint density at radius 1 is 1.42 bits per heavy atom. The summed E-state index contributed by atoms with van der Waals surface area (Å²) in [6.07, 6.45) is 3.95. The summed E-state index contributed by atoms with van der Waals surface area (Å²) in [4.78, 5) is 8.93. The van der Waals surface area contributed by atoms with Crippen molar-refractivity contribution in [3.05, 3.63) is 35.5 Å². The molecule has 2 aromatic heterocycles. The summed E-state index contributed by atoms with van der Waals surface area (Å²) in [7, 11) is 0. The van der Waals surface area contributed by atoms with Gasteiger partial charge in [-0.05, 0) is 36.6 Å². The fourth-order valence-corrected chi connectivity index (χ4v) is 3.27. The van der Waals surface area contributed by atoms with Crippen LogP contribution in [-0.2, 0) is 6.54 Å². The molecule has 0 saturated carbocycles. The number of pyridine rings is 1. The van der Waals surface area contributed by atoms with Gasteiger partial charge in [-0.1, -0.05) is 13.0 Å². The number of hydrogen-bond donors (Lipinski definition) is 1. The van der Waals surface area contributed by atoms with Gasteiger partial charge in [-0.25, -0.2) is 4.98 Å². The maximum absolute atomic E-state index is 4.61. The highest BCUT2D eigenvalue weighted by molar-refractivity contribution is 7.98. The third kappa shape index (κ3) is 4.60. The first-order valence-electron chi connectivity index (χ1n) is 6.35. The SMILES string of the molecule is CSCC(C)CNCc1csc(-c2ccccn2)n1. The Labute approximate surface area is 122 Å². The zero-order valence-electron chi connectivity index (χ0n) is 11.3. The second kappa shape index (κ2) is 7.62. The fraction of sp³-hybridized carbons (Fsp3) is 0.429. The van der Waals surface area contributed by atoms with E-state index < -0.39 is 0 Å². The Morgan fingerprint density at radius 2 is 2.32 bits per heavy atom. The lowest BCUT2D eigenvalue weighted by Gasteiger charge is -2.09. The van der Waals surface area contributed by atoms with Crippen LogP contribution in [-0.4, -0.2) is 28.5 Å². The van der Waals surface area contributed by atoms with Crippen molar-refractivity contribution in [3.63, 3.8) is 0 Å². The van der Waals surface area contributed by atoms with Crippen LogP contribution in [0.4, 0.5) is 0 Å². The Kier molecular flexibility index (Phi) is 5.82. The third-order valence-electron chi connectivity index (χ3n) is 2.69. The van der Waals surface area contributed by atoms with E-state index in [2.05, 4.69) is 33.8 Å². The van der Waals surface area contributed by atoms with Gasteiger partial charge in [-0.2, -0.15) is 11.8 Å². The van der Waals surface area contributed by atoms with Crippen molar-refractivity contribution >= 4 is 23.1 Å². The Bertz CT molecular complexity index is 484. The zero-order chi connectivity index (χ0) is 13.5. The van der Waals surface area contributed by atoms with Gasteiger partial charge in [0.05, 0.1) is 11.4 Å². The van der Waals surface area contributed by atoms with Gasteiger partial charge < -0.3 is 5.32 Å². The minimum Gasteiger partial charge on any atom is -0.311 e. The first-order chi connectivity index (χ1) is 9.29. The third-order valence-corrected chi connectivity index (χ3v) is 4.50. The first kappa shape index (κ1) is 14.5. The number of nitrogens with one attached hydrogen (secondary N) is 1. The fourth-order valence-electron chi connectivity index (χ4n) is 1.79. The molecule has 19 heavy (non-hydrogen) atoms. The van der Waals surface area contributed by atoms with Crippen molar-refractivity contribution < 1.29 is 0 Å². The van der Waals surface area contributed by atoms with Crippen molar-refractivity contribution in [3.8, 4) is 10.7 Å². The van der Waals surface area contributed by atoms with Crippen molar-refractivity contribution in [2.75, 3.05) is 18.6 Å². The summed E-state index contributed by atoms with van der Waals surface area (Å²) in [6, 6.07) is 5.91. The van der Waals surface area contributed by atoms with Gasteiger partial charge in [0.2, 0.25) is 0 Å². The molecule has 0 bridgehead atoms. The maximum atomic E-state index is 4.61. The predicted octanol–water partition coefficient (Wildman–Crippen LogP) is 3.29. The molecule has 0 saturated heterocycles. The summed E-state index contributed by atoms with van der Waals surface area (Å²) in [5, 5.41) is 6.56. The molecule has 0 aromatic carbocycles. The van der Waals surface area contributed by atoms with Crippen LogP contribution in [0.25, 0.3) is 10.7 Å². The molecule has 5 heteroatoms. The molecule has 0 aliphatic rings. The topological polar surface area (TPSA) is 37.8 Å². The molecule has 2 rings (SSSR count). The highest BCUT2D eigenvalue weighted by Gasteiger charge is 2.06. The van der Waals surface area contributed by atoms with E-state index in [0.29, 0.717) is 5.92 Å². The molecule has 2 heterocycles. The van der Waals surface area contributed by atoms with E-state index in [1.165, 1.54) is 5.75 Å². The average molecular weight is 293 g/mol. The Hall–Kier alpha value is -0.910. The van der Waals surface area contributed by atoms with E-state index in [9.17, 15) is 0 Å². The number of nitrogens with zero attached hydrogens (tertiary/aromatic N) is 2. The Balaban J connectivity index is 1.85. The average Bonchev–Trinajstić information content (AvgIpc) is 2.89. The number of thiazole rings is 1. The number of hydrogen-bond acceptors (Lipinski definition) is 5. The van der Waals surface area contributed by atoms with Gasteiger partial charge in [0.15, 0.2) is 0 Å². The lowest BCUT2D eigenvalue weighted by molar-refractivity contribution is 0.556. The standard InChI is InChI=1S/C14H19N3S2/c1-11(9-18-2)7-15-8-12-10-19-14(17-12)13-5-3-4-6-16-13/h3-6,10-11,15H,7-9H2,1-2H3. The van der Waals surface area contributed by atoms with Crippen molar-refractivity contribution in [2.45, 2.75) is 13.5 Å². The molecular formula is C14H19N3S2. The van der Waals surface area contributed by atoms with Crippen molar-refractivity contribution in [1.82, 2.24) is 15.3 Å². The van der Waals surface area contributed by atoms with Crippen LogP contribution in [0.15, 0.2) is 29.8 Å². The molecule has 2 aromatic rings. The largest absolute Gasteiger partial charge is 0.311 e. The van der Waals surface area contributed by atoms with Crippen LogP contribution in [0.1, 0.15) is 12.6 Å². The lowest BCUT2D eigenvalue weighted by Crippen LogP contribution is -2.22. The molecule has 1 N–H and O–H groups in total. The van der Waals surface area contributed by atoms with Gasteiger partial charge in [0, 0.05) is 18.1 Å². The molecule has 1 unspecified atom stereocenters. The molecule has 0 aliphatic heterocycles. The van der Waals surface area contributed by atoms with Crippen LogP contribution in [0, 0.1) is 5.92 Å². The molecule has 0 radical (unpaired) electrons. The zero-order valence-corrected chi connectivity index (χ0v) is 12.9. The van der Waals surface area contributed by atoms with E-state index in [1.807, 2.05) is 30.0 Å². The minimum absolute atomic E-state index is 0.698. The summed E-state index contributed by atoms with van der Waals surface area (Å²) >= 11 is 3.55. The van der Waals surface area contributed by atoms with Gasteiger partial charge in [0.1, 0.15) is 5.01 Å². The molecule has 1 atom stereocenters. The van der Waals surface area contributed by atoms with Crippen LogP contribution in [0.3, 0.4) is 0 Å². The molecule has 0 fully saturated rings. The molecule has 0 aliphatic carbocycles. The second-order valence-corrected chi connectivity index (χ2v) is 6.32. The van der Waals surface area contributed by atoms with E-state index >= 15 is 0 Å². The lowest BCUT2D eigenvalue weighted by atomic mass is 10.2. The molecular weight excluding hydrogens is 274 g/mol. The first-order valence-corrected chi connectivity index (χ1v) is 8.62. The second-order valence-electron chi connectivity index (χ2n) is 4.55. The van der Waals surface area contributed by atoms with Crippen LogP contribution in [0.2, 0.25) is 0 Å². The predicted molar refractivity (Wildman–Crippen MR) is 84.6 cm³/mol. The van der Waals surface area contributed by atoms with Gasteiger partial charge in [-0.3, -0.25) is 4.98 Å². The quantitative estimate of drug-likeness (QED) is 0.850. The molecule has 0 spiro atoms. The molecule has 102 valence electrons. The summed E-state index contributed by atoms with van der Waals surface area (Å²) in [5.74, 6) is 1.90. The summed E-state index contributed by atoms with van der Waals surface area (Å²) in [5.41, 5.74) is 2.05. The van der Waals surface area contributed by atoms with E-state index in [4.69, 9.17) is 0 Å². The van der Waals surface area contributed by atoms with Gasteiger partial charge in [-0.15, -0.1) is 11.3 Å². The van der Waals surface area contributed by atoms with Crippen LogP contribution >= 0.6 is 23.1 Å². The normalized spacial score (nSPS) is 12.5. The van der Waals surface area contributed by atoms with Crippen molar-refractivity contribution in [1.29, 1.82) is 0 Å². The molecule has 0 amide bonds. The Morgan fingerprint density at radius 3 is 3.05 bits per heavy atom. The van der Waals surface area contributed by atoms with Crippen LogP contribution in [0.5, 0.6) is 0 Å². The van der Waals surface area contributed by atoms with Crippen molar-refractivity contribution in [2.24, 2.45) is 5.92 Å². The van der Waals surface area contributed by atoms with E-state index in [1.54, 1.807) is 17.5 Å². The molecule has 3 nitrogen and oxygen atoms in total. The number of thioether (sulfide) groups is 1. The van der Waals surface area contributed by atoms with Crippen LogP contribution < -0.4 is 5.32 Å². The maximum Gasteiger partial charge on any atom is 0.142 e. The highest BCUT2D eigenvalue weighted by atomic mass is 32.2. The number of rotatable bonds is 7. The minimum atomic E-state index is 0.698. The van der Waals surface area contributed by atoms with Gasteiger partial charge >= 0.3 is 0 Å². The monoisotopic (exact) mass is 293 g/mol. The van der Waals surface area contributed by atoms with Gasteiger partial charge in [0.25, 0.3) is 0 Å². The van der Waals surface area contributed by atoms with E-state index in [0.717, 1.165) is 29.5 Å². The summed E-state index contributed by atoms with van der Waals surface area (Å²) in [6.45, 7) is 4.14. The smallest absolute Gasteiger partial charge is 0.142 e. The highest BCUT2D eigenvalue weighted by Crippen LogP contribution is 2.21. The van der Waals surface area contributed by atoms with E-state index in [-0.39, 0.29) is 0 Å². The summed E-state index contributed by atoms with van der Waals surface area (Å²) < 4.78 is 0. The number of aromatic nitrogens is 2.